The number of aliphatic hydroxyl groups excluding tert-OH is 1. The molecule has 2 aromatic carbocycles. The molecule has 1 aromatic heterocycles. The van der Waals surface area contributed by atoms with Gasteiger partial charge in [-0.25, -0.2) is 4.68 Å². The normalized spacial score (nSPS) is 11.9. The van der Waals surface area contributed by atoms with E-state index in [2.05, 4.69) is 5.10 Å². The Morgan fingerprint density at radius 2 is 1.78 bits per heavy atom. The van der Waals surface area contributed by atoms with Gasteiger partial charge in [0.1, 0.15) is 24.2 Å². The molecule has 27 heavy (non-hydrogen) atoms. The first-order chi connectivity index (χ1) is 13.0. The smallest absolute Gasteiger partial charge is 0.274 e. The maximum absolute atomic E-state index is 12.6. The predicted molar refractivity (Wildman–Crippen MR) is 99.0 cm³/mol. The predicted octanol–water partition coefficient (Wildman–Crippen LogP) is 0.944. The Bertz CT molecular complexity index is 1010. The van der Waals surface area contributed by atoms with Crippen LogP contribution >= 0.6 is 0 Å². The van der Waals surface area contributed by atoms with Crippen molar-refractivity contribution in [2.45, 2.75) is 12.6 Å². The van der Waals surface area contributed by atoms with Crippen molar-refractivity contribution >= 4 is 16.7 Å². The molecule has 0 aliphatic carbocycles. The largest absolute Gasteiger partial charge is 0.497 e. The van der Waals surface area contributed by atoms with Crippen LogP contribution in [0, 0.1) is 0 Å². The maximum atomic E-state index is 12.6. The lowest BCUT2D eigenvalue weighted by molar-refractivity contribution is 0.0871. The van der Waals surface area contributed by atoms with Gasteiger partial charge in [0.25, 0.3) is 11.5 Å². The van der Waals surface area contributed by atoms with E-state index in [1.807, 2.05) is 0 Å². The van der Waals surface area contributed by atoms with Crippen LogP contribution < -0.4 is 20.8 Å². The lowest BCUT2D eigenvalue weighted by atomic mass is 10.1. The Labute approximate surface area is 154 Å². The van der Waals surface area contributed by atoms with Gasteiger partial charge < -0.3 is 20.3 Å². The van der Waals surface area contributed by atoms with Crippen molar-refractivity contribution in [3.05, 3.63) is 64.6 Å². The molecule has 0 aliphatic heterocycles. The average molecular weight is 369 g/mol. The van der Waals surface area contributed by atoms with Crippen LogP contribution in [-0.2, 0) is 6.54 Å². The summed E-state index contributed by atoms with van der Waals surface area (Å²) < 4.78 is 11.6. The molecule has 1 unspecified atom stereocenters. The van der Waals surface area contributed by atoms with Crippen LogP contribution in [-0.4, -0.2) is 40.6 Å². The summed E-state index contributed by atoms with van der Waals surface area (Å²) in [6.07, 6.45) is -1.01. The molecule has 0 spiro atoms. The SMILES string of the molecule is COc1ccc(OCC(O)Cn2nc(C(N)=O)c3ccccc3c2=O)cc1. The summed E-state index contributed by atoms with van der Waals surface area (Å²) in [5.74, 6) is 0.490. The number of methoxy groups -OCH3 is 1. The number of primary amides is 1. The van der Waals surface area contributed by atoms with Crippen LogP contribution in [0.1, 0.15) is 10.5 Å². The van der Waals surface area contributed by atoms with E-state index >= 15 is 0 Å². The molecule has 1 atom stereocenters. The number of benzene rings is 2. The Kier molecular flexibility index (Phi) is 5.37. The van der Waals surface area contributed by atoms with Gasteiger partial charge in [0.05, 0.1) is 19.0 Å². The molecular weight excluding hydrogens is 350 g/mol. The van der Waals surface area contributed by atoms with E-state index in [4.69, 9.17) is 15.2 Å². The molecule has 0 aliphatic rings. The first kappa shape index (κ1) is 18.4. The van der Waals surface area contributed by atoms with Gasteiger partial charge in [-0.1, -0.05) is 18.2 Å². The van der Waals surface area contributed by atoms with Gasteiger partial charge >= 0.3 is 0 Å². The molecule has 1 heterocycles. The fourth-order valence-electron chi connectivity index (χ4n) is 2.66. The topological polar surface area (TPSA) is 117 Å². The number of carbonyl (C=O) groups is 1. The summed E-state index contributed by atoms with van der Waals surface area (Å²) in [4.78, 5) is 24.2. The summed E-state index contributed by atoms with van der Waals surface area (Å²) in [6.45, 7) is -0.195. The first-order valence-electron chi connectivity index (χ1n) is 8.24. The van der Waals surface area contributed by atoms with Crippen molar-refractivity contribution in [1.82, 2.24) is 9.78 Å². The number of hydrogen-bond donors (Lipinski definition) is 2. The van der Waals surface area contributed by atoms with Crippen LogP contribution in [0.3, 0.4) is 0 Å². The maximum Gasteiger partial charge on any atom is 0.274 e. The van der Waals surface area contributed by atoms with Gasteiger partial charge in [-0.2, -0.15) is 5.10 Å². The minimum atomic E-state index is -1.01. The lowest BCUT2D eigenvalue weighted by Crippen LogP contribution is -2.34. The second kappa shape index (κ2) is 7.88. The highest BCUT2D eigenvalue weighted by Crippen LogP contribution is 2.17. The van der Waals surface area contributed by atoms with E-state index in [9.17, 15) is 14.7 Å². The van der Waals surface area contributed by atoms with Crippen molar-refractivity contribution in [1.29, 1.82) is 0 Å². The van der Waals surface area contributed by atoms with Crippen LogP contribution in [0.25, 0.3) is 10.8 Å². The van der Waals surface area contributed by atoms with E-state index in [-0.39, 0.29) is 18.8 Å². The zero-order chi connectivity index (χ0) is 19.4. The molecule has 3 N–H and O–H groups in total. The van der Waals surface area contributed by atoms with Crippen LogP contribution in [0.2, 0.25) is 0 Å². The van der Waals surface area contributed by atoms with Gasteiger partial charge in [-0.05, 0) is 30.3 Å². The number of fused-ring (bicyclic) bond motifs is 1. The molecule has 0 saturated heterocycles. The average Bonchev–Trinajstić information content (AvgIpc) is 2.68. The van der Waals surface area contributed by atoms with Crippen molar-refractivity contribution in [3.63, 3.8) is 0 Å². The highest BCUT2D eigenvalue weighted by Gasteiger charge is 2.16. The Hall–Kier alpha value is -3.39. The third-order valence-electron chi connectivity index (χ3n) is 3.99. The highest BCUT2D eigenvalue weighted by atomic mass is 16.5. The van der Waals surface area contributed by atoms with Crippen molar-refractivity contribution < 1.29 is 19.4 Å². The summed E-state index contributed by atoms with van der Waals surface area (Å²) in [5, 5.41) is 14.9. The second-order valence-corrected chi connectivity index (χ2v) is 5.89. The van der Waals surface area contributed by atoms with E-state index in [1.54, 1.807) is 55.6 Å². The van der Waals surface area contributed by atoms with E-state index in [1.165, 1.54) is 0 Å². The number of aromatic nitrogens is 2. The van der Waals surface area contributed by atoms with Crippen molar-refractivity contribution in [3.8, 4) is 11.5 Å². The summed E-state index contributed by atoms with van der Waals surface area (Å²) >= 11 is 0. The minimum Gasteiger partial charge on any atom is -0.497 e. The highest BCUT2D eigenvalue weighted by molar-refractivity contribution is 6.03. The zero-order valence-corrected chi connectivity index (χ0v) is 14.7. The summed E-state index contributed by atoms with van der Waals surface area (Å²) in [7, 11) is 1.56. The number of nitrogens with zero attached hydrogens (tertiary/aromatic N) is 2. The lowest BCUT2D eigenvalue weighted by Gasteiger charge is -2.15. The number of carbonyl (C=O) groups excluding carboxylic acids is 1. The minimum absolute atomic E-state index is 0.0199. The van der Waals surface area contributed by atoms with E-state index < -0.39 is 17.6 Å². The second-order valence-electron chi connectivity index (χ2n) is 5.89. The van der Waals surface area contributed by atoms with Crippen LogP contribution in [0.4, 0.5) is 0 Å². The Morgan fingerprint density at radius 3 is 2.41 bits per heavy atom. The van der Waals surface area contributed by atoms with Crippen LogP contribution in [0.15, 0.2) is 53.3 Å². The monoisotopic (exact) mass is 369 g/mol. The quantitative estimate of drug-likeness (QED) is 0.640. The molecule has 3 rings (SSSR count). The number of nitrogens with two attached hydrogens (primary N) is 1. The third kappa shape index (κ3) is 4.06. The van der Waals surface area contributed by atoms with Gasteiger partial charge in [-0.15, -0.1) is 0 Å². The molecule has 8 heteroatoms. The summed E-state index contributed by atoms with van der Waals surface area (Å²) in [6, 6.07) is 13.4. The summed E-state index contributed by atoms with van der Waals surface area (Å²) in [5.41, 5.74) is 4.94. The first-order valence-corrected chi connectivity index (χ1v) is 8.24. The van der Waals surface area contributed by atoms with Gasteiger partial charge in [0, 0.05) is 5.39 Å². The molecule has 0 fully saturated rings. The third-order valence-corrected chi connectivity index (χ3v) is 3.99. The standard InChI is InChI=1S/C19H19N3O5/c1-26-13-6-8-14(9-7-13)27-11-12(23)10-22-19(25)16-5-3-2-4-15(16)17(21-22)18(20)24/h2-9,12,23H,10-11H2,1H3,(H2,20,24). The molecular formula is C19H19N3O5. The van der Waals surface area contributed by atoms with Gasteiger partial charge in [0.2, 0.25) is 0 Å². The van der Waals surface area contributed by atoms with Crippen molar-refractivity contribution in [2.24, 2.45) is 5.73 Å². The molecule has 140 valence electrons. The number of aliphatic hydroxyl groups is 1. The van der Waals surface area contributed by atoms with Gasteiger partial charge in [0.15, 0.2) is 5.69 Å². The Balaban J connectivity index is 1.78. The number of ether oxygens (including phenoxy) is 2. The molecule has 0 radical (unpaired) electrons. The zero-order valence-electron chi connectivity index (χ0n) is 14.7. The number of rotatable bonds is 7. The molecule has 0 saturated carbocycles. The molecule has 1 amide bonds. The fourth-order valence-corrected chi connectivity index (χ4v) is 2.66. The number of hydrogen-bond acceptors (Lipinski definition) is 6. The number of amides is 1. The van der Waals surface area contributed by atoms with E-state index in [0.717, 1.165) is 4.68 Å². The molecule has 8 nitrogen and oxygen atoms in total. The van der Waals surface area contributed by atoms with E-state index in [0.29, 0.717) is 22.3 Å². The molecule has 3 aromatic rings. The fraction of sp³-hybridized carbons (Fsp3) is 0.211. The van der Waals surface area contributed by atoms with Gasteiger partial charge in [-0.3, -0.25) is 9.59 Å². The van der Waals surface area contributed by atoms with Crippen molar-refractivity contribution in [2.75, 3.05) is 13.7 Å². The Morgan fingerprint density at radius 1 is 1.15 bits per heavy atom. The molecule has 0 bridgehead atoms. The van der Waals surface area contributed by atoms with Crippen LogP contribution in [0.5, 0.6) is 11.5 Å².